The van der Waals surface area contributed by atoms with Gasteiger partial charge in [-0.05, 0) is 70.3 Å². The van der Waals surface area contributed by atoms with Gasteiger partial charge in [-0.3, -0.25) is 4.79 Å². The Hall–Kier alpha value is -0.560. The summed E-state index contributed by atoms with van der Waals surface area (Å²) in [5, 5.41) is 44.4. The van der Waals surface area contributed by atoms with Crippen molar-refractivity contribution in [2.75, 3.05) is 13.7 Å². The number of carbonyl (C=O) groups excluding carboxylic acids is 2. The van der Waals surface area contributed by atoms with Gasteiger partial charge in [0.15, 0.2) is 29.4 Å². The zero-order valence-corrected chi connectivity index (χ0v) is 41.8. The number of aliphatic hydroxyl groups is 3. The fourth-order valence-corrected chi connectivity index (χ4v) is 11.8. The van der Waals surface area contributed by atoms with E-state index in [1.807, 2.05) is 40.7 Å². The van der Waals surface area contributed by atoms with Crippen LogP contribution in [0, 0.1) is 47.3 Å². The van der Waals surface area contributed by atoms with Crippen molar-refractivity contribution in [3.63, 3.8) is 0 Å². The number of carbonyl (C=O) groups is 2. The van der Waals surface area contributed by atoms with E-state index in [1.165, 1.54) is 0 Å². The Kier molecular flexibility index (Phi) is 17.2. The maximum absolute atomic E-state index is 13.3. The van der Waals surface area contributed by atoms with Crippen molar-refractivity contribution in [1.29, 1.82) is 0 Å². The van der Waals surface area contributed by atoms with Crippen molar-refractivity contribution < 1.29 is 97.5 Å². The first-order valence-corrected chi connectivity index (χ1v) is 23.2. The van der Waals surface area contributed by atoms with Gasteiger partial charge in [0.25, 0.3) is 0 Å². The number of ether oxygens (including phenoxy) is 8. The van der Waals surface area contributed by atoms with Crippen LogP contribution in [-0.2, 0) is 47.5 Å². The molecule has 13 unspecified atom stereocenters. The van der Waals surface area contributed by atoms with Crippen molar-refractivity contribution in [3.8, 4) is 0 Å². The second-order valence-electron chi connectivity index (χ2n) is 20.6. The molecule has 14 nitrogen and oxygen atoms in total. The van der Waals surface area contributed by atoms with Gasteiger partial charge in [0, 0.05) is 74.3 Å². The number of Topliss-reactive ketones (excluding diaryl/α,β-unsaturated/α-hetero) is 1. The summed E-state index contributed by atoms with van der Waals surface area (Å²) < 4.78 is 53.9. The van der Waals surface area contributed by atoms with Gasteiger partial charge >= 0.3 is 29.6 Å². The molecule has 0 radical (unpaired) electrons. The van der Waals surface area contributed by atoms with Crippen molar-refractivity contribution >= 4 is 11.8 Å². The topological polar surface area (TPSA) is 192 Å². The van der Waals surface area contributed by atoms with Crippen molar-refractivity contribution in [1.82, 2.24) is 0 Å². The molecule has 3 N–H and O–H groups in total. The van der Waals surface area contributed by atoms with Gasteiger partial charge in [0.05, 0.1) is 61.0 Å². The van der Waals surface area contributed by atoms with Crippen molar-refractivity contribution in [3.05, 3.63) is 11.6 Å². The minimum absolute atomic E-state index is 0. The Balaban J connectivity index is 0.00000726. The molecule has 0 amide bonds. The van der Waals surface area contributed by atoms with Crippen LogP contribution in [0.5, 0.6) is 0 Å². The number of aliphatic hydroxyl groups excluding tert-OH is 2. The average molecular weight is 889 g/mol. The predicted octanol–water partition coefficient (Wildman–Crippen LogP) is 1.82. The Labute approximate surface area is 392 Å². The summed E-state index contributed by atoms with van der Waals surface area (Å²) in [6.45, 7) is 20.7. The molecule has 6 aliphatic heterocycles. The molecule has 2 spiro atoms. The molecule has 0 aliphatic carbocycles. The minimum atomic E-state index is -1.67. The summed E-state index contributed by atoms with van der Waals surface area (Å²) >= 11 is 0. The second-order valence-corrected chi connectivity index (χ2v) is 20.6. The first-order chi connectivity index (χ1) is 28.5. The molecule has 21 atom stereocenters. The molecule has 62 heavy (non-hydrogen) atoms. The molecule has 0 aromatic carbocycles. The second kappa shape index (κ2) is 20.3. The van der Waals surface area contributed by atoms with E-state index in [2.05, 4.69) is 20.8 Å². The van der Waals surface area contributed by atoms with E-state index in [9.17, 15) is 30.0 Å². The van der Waals surface area contributed by atoms with Gasteiger partial charge in [0.2, 0.25) is 0 Å². The van der Waals surface area contributed by atoms with Gasteiger partial charge in [0.1, 0.15) is 0 Å². The number of rotatable bonds is 13. The number of hydrogen-bond donors (Lipinski definition) is 3. The van der Waals surface area contributed by atoms with E-state index in [-0.39, 0.29) is 102 Å². The van der Waals surface area contributed by atoms with E-state index < -0.39 is 84.2 Å². The molecular weight excluding hydrogens is 811 g/mol. The number of aliphatic carboxylic acids is 1. The van der Waals surface area contributed by atoms with Crippen LogP contribution in [0.15, 0.2) is 11.6 Å². The minimum Gasteiger partial charge on any atom is -0.550 e. The SMILES string of the molecule is COC1CCC(OC2C[C@H]([C@]3(C)CC[C@]4(CC(O)C(C)[C@@H](C(C)C=C(C)C(=O)C(C)CC(C)C(=O)[O-])O4)O3)O[C@]3(O[C@@H]([C@H]4O[C@@](O)(CO)C(C)CC4C)CC3C)C2C)OC1C.[Na+]. The Morgan fingerprint density at radius 3 is 2.24 bits per heavy atom. The van der Waals surface area contributed by atoms with Crippen LogP contribution >= 0.6 is 0 Å². The molecule has 6 rings (SSSR count). The fourth-order valence-electron chi connectivity index (χ4n) is 11.8. The molecule has 0 bridgehead atoms. The third-order valence-electron chi connectivity index (χ3n) is 15.8. The van der Waals surface area contributed by atoms with Crippen LogP contribution in [0.2, 0.25) is 0 Å². The van der Waals surface area contributed by atoms with E-state index >= 15 is 0 Å². The van der Waals surface area contributed by atoms with Gasteiger partial charge in [-0.15, -0.1) is 0 Å². The van der Waals surface area contributed by atoms with Crippen molar-refractivity contribution in [2.24, 2.45) is 47.3 Å². The summed E-state index contributed by atoms with van der Waals surface area (Å²) in [6, 6.07) is 0. The molecule has 0 saturated carbocycles. The molecule has 6 saturated heterocycles. The van der Waals surface area contributed by atoms with Crippen LogP contribution in [0.1, 0.15) is 134 Å². The number of carboxylic acid groups (broad SMARTS) is 1. The number of carboxylic acids is 1. The smallest absolute Gasteiger partial charge is 0.550 e. The molecular formula is C47H77NaO14. The first kappa shape index (κ1) is 52.4. The summed E-state index contributed by atoms with van der Waals surface area (Å²) in [7, 11) is 1.70. The van der Waals surface area contributed by atoms with Crippen LogP contribution in [0.3, 0.4) is 0 Å². The van der Waals surface area contributed by atoms with Gasteiger partial charge in [-0.1, -0.05) is 61.5 Å². The third kappa shape index (κ3) is 10.4. The number of methoxy groups -OCH3 is 1. The fraction of sp³-hybridized carbons (Fsp3) is 0.915. The third-order valence-corrected chi connectivity index (χ3v) is 15.8. The van der Waals surface area contributed by atoms with E-state index in [1.54, 1.807) is 27.9 Å². The quantitative estimate of drug-likeness (QED) is 0.179. The molecule has 15 heteroatoms. The predicted molar refractivity (Wildman–Crippen MR) is 221 cm³/mol. The molecule has 350 valence electrons. The van der Waals surface area contributed by atoms with Crippen LogP contribution < -0.4 is 34.7 Å². The van der Waals surface area contributed by atoms with Gasteiger partial charge in [-0.2, -0.15) is 0 Å². The summed E-state index contributed by atoms with van der Waals surface area (Å²) in [5.74, 6) is -7.48. The van der Waals surface area contributed by atoms with Gasteiger partial charge < -0.3 is 63.1 Å². The first-order valence-electron chi connectivity index (χ1n) is 23.2. The van der Waals surface area contributed by atoms with E-state index in [4.69, 9.17) is 37.9 Å². The summed E-state index contributed by atoms with van der Waals surface area (Å²) in [6.07, 6.45) is 3.10. The molecule has 0 aromatic heterocycles. The Bertz CT molecular complexity index is 1580. The summed E-state index contributed by atoms with van der Waals surface area (Å²) in [4.78, 5) is 24.7. The monoisotopic (exact) mass is 889 g/mol. The maximum atomic E-state index is 13.3. The number of hydrogen-bond acceptors (Lipinski definition) is 14. The average Bonchev–Trinajstić information content (AvgIpc) is 3.71. The molecule has 6 aliphatic rings. The van der Waals surface area contributed by atoms with Crippen LogP contribution in [0.25, 0.3) is 0 Å². The van der Waals surface area contributed by atoms with E-state index in [0.717, 1.165) is 6.42 Å². The van der Waals surface area contributed by atoms with Crippen molar-refractivity contribution in [2.45, 2.75) is 212 Å². The number of allylic oxidation sites excluding steroid dienone is 1. The molecule has 6 heterocycles. The molecule has 0 aromatic rings. The standard InChI is InChI=1S/C47H78O14.Na/c1-24(40(50)25(2)18-28(5)43(51)52)17-26(3)41-31(8)34(49)22-45(59-41)16-15-44(11,61-45)38-21-36(56-39-14-13-35(54-12)33(10)55-39)32(9)47(58-38)30(7)20-37(57-47)42-27(4)19-29(6)46(53,23-48)60-42;/h17,25-39,41-42,48-49,53H,13-16,18-23H2,1-12H3,(H,51,52);/q;+1/p-1/t25?,26?,27?,28?,29?,30?,31?,32?,33?,34?,35?,36?,37-,38-,39?,41-,42+,44+,45-,46+,47+;/m1./s1. The van der Waals surface area contributed by atoms with Gasteiger partial charge in [-0.25, -0.2) is 0 Å². The van der Waals surface area contributed by atoms with Crippen LogP contribution in [0.4, 0.5) is 0 Å². The largest absolute Gasteiger partial charge is 1.00 e. The Morgan fingerprint density at radius 1 is 0.919 bits per heavy atom. The van der Waals surface area contributed by atoms with Crippen LogP contribution in [-0.4, -0.2) is 119 Å². The summed E-state index contributed by atoms with van der Waals surface area (Å²) in [5.41, 5.74) is -0.352. The zero-order valence-electron chi connectivity index (χ0n) is 39.8. The normalized spacial score (nSPS) is 47.8. The maximum Gasteiger partial charge on any atom is 1.00 e. The molecule has 6 fully saturated rings. The Morgan fingerprint density at radius 2 is 1.61 bits per heavy atom. The number of ketones is 1. The van der Waals surface area contributed by atoms with E-state index in [0.29, 0.717) is 44.1 Å². The zero-order chi connectivity index (χ0) is 45.0.